The third kappa shape index (κ3) is 4.96. The van der Waals surface area contributed by atoms with Gasteiger partial charge in [-0.2, -0.15) is 0 Å². The number of esters is 1. The molecule has 7 nitrogen and oxygen atoms in total. The zero-order valence-electron chi connectivity index (χ0n) is 18.9. The molecule has 0 unspecified atom stereocenters. The first-order valence-electron chi connectivity index (χ1n) is 10.3. The van der Waals surface area contributed by atoms with Crippen molar-refractivity contribution in [1.82, 2.24) is 4.90 Å². The Morgan fingerprint density at radius 2 is 1.81 bits per heavy atom. The van der Waals surface area contributed by atoms with E-state index in [4.69, 9.17) is 9.47 Å². The number of aliphatic imine (C=N–C) groups is 1. The van der Waals surface area contributed by atoms with Crippen LogP contribution in [-0.4, -0.2) is 56.3 Å². The molecule has 2 aromatic carbocycles. The smallest absolute Gasteiger partial charge is 0.337 e. The fourth-order valence-electron chi connectivity index (χ4n) is 3.30. The molecule has 0 saturated carbocycles. The number of likely N-dealkylation sites (N-methyl/N-ethyl adjacent to an activating group) is 1. The average molecular weight is 454 g/mol. The fraction of sp³-hybridized carbons (Fsp3) is 0.292. The third-order valence-electron chi connectivity index (χ3n) is 5.15. The first-order chi connectivity index (χ1) is 15.4. The number of methoxy groups -OCH3 is 2. The van der Waals surface area contributed by atoms with E-state index in [1.165, 1.54) is 23.8 Å². The molecule has 168 valence electrons. The number of benzene rings is 2. The van der Waals surface area contributed by atoms with Gasteiger partial charge in [-0.05, 0) is 68.1 Å². The normalized spacial score (nSPS) is 16.0. The van der Waals surface area contributed by atoms with Crippen LogP contribution in [0.2, 0.25) is 0 Å². The molecule has 0 bridgehead atoms. The molecule has 0 N–H and O–H groups in total. The van der Waals surface area contributed by atoms with Crippen LogP contribution in [-0.2, 0) is 9.53 Å². The molecule has 1 saturated heterocycles. The predicted octanol–water partition coefficient (Wildman–Crippen LogP) is 4.56. The van der Waals surface area contributed by atoms with Gasteiger partial charge in [0.15, 0.2) is 5.17 Å². The molecule has 1 heterocycles. The Bertz CT molecular complexity index is 1060. The minimum atomic E-state index is -0.405. The molecular formula is C24H27N3O4S. The van der Waals surface area contributed by atoms with E-state index in [1.54, 1.807) is 38.4 Å². The molecule has 1 aliphatic heterocycles. The van der Waals surface area contributed by atoms with Gasteiger partial charge in [0.25, 0.3) is 5.91 Å². The van der Waals surface area contributed by atoms with E-state index in [2.05, 4.69) is 23.7 Å². The number of thioether (sulfide) groups is 1. The zero-order chi connectivity index (χ0) is 23.3. The number of amidine groups is 1. The number of ether oxygens (including phenoxy) is 2. The quantitative estimate of drug-likeness (QED) is 0.452. The molecule has 32 heavy (non-hydrogen) atoms. The number of amides is 1. The van der Waals surface area contributed by atoms with Crippen LogP contribution in [0.15, 0.2) is 52.4 Å². The molecule has 1 amide bonds. The number of hydrogen-bond acceptors (Lipinski definition) is 7. The topological polar surface area (TPSA) is 71.4 Å². The Labute approximate surface area is 192 Å². The SMILES string of the molecule is CCN(CC)c1ccc(/C=C2\SC(=Nc3ccc(C(=O)OC)cc3)N(C)C2=O)c(OC)c1. The van der Waals surface area contributed by atoms with Crippen molar-refractivity contribution in [1.29, 1.82) is 0 Å². The lowest BCUT2D eigenvalue weighted by Crippen LogP contribution is -2.23. The van der Waals surface area contributed by atoms with E-state index in [0.717, 1.165) is 24.3 Å². The molecule has 0 spiro atoms. The Morgan fingerprint density at radius 1 is 1.12 bits per heavy atom. The second-order valence-electron chi connectivity index (χ2n) is 7.01. The van der Waals surface area contributed by atoms with Crippen LogP contribution in [0.1, 0.15) is 29.8 Å². The highest BCUT2D eigenvalue weighted by Gasteiger charge is 2.30. The first kappa shape index (κ1) is 23.4. The second-order valence-corrected chi connectivity index (χ2v) is 8.02. The summed E-state index contributed by atoms with van der Waals surface area (Å²) in [6, 6.07) is 12.7. The van der Waals surface area contributed by atoms with Crippen LogP contribution in [0.3, 0.4) is 0 Å². The molecule has 0 radical (unpaired) electrons. The summed E-state index contributed by atoms with van der Waals surface area (Å²) in [6.45, 7) is 6.03. The number of hydrogen-bond donors (Lipinski definition) is 0. The number of carbonyl (C=O) groups excluding carboxylic acids is 2. The molecule has 8 heteroatoms. The van der Waals surface area contributed by atoms with Crippen LogP contribution in [0.5, 0.6) is 5.75 Å². The van der Waals surface area contributed by atoms with Crippen LogP contribution >= 0.6 is 11.8 Å². The minimum absolute atomic E-state index is 0.130. The molecular weight excluding hydrogens is 426 g/mol. The monoisotopic (exact) mass is 453 g/mol. The van der Waals surface area contributed by atoms with Gasteiger partial charge in [0.05, 0.1) is 30.4 Å². The molecule has 2 aromatic rings. The maximum absolute atomic E-state index is 12.8. The van der Waals surface area contributed by atoms with Crippen molar-refractivity contribution in [3.8, 4) is 5.75 Å². The van der Waals surface area contributed by atoms with Crippen molar-refractivity contribution < 1.29 is 19.1 Å². The van der Waals surface area contributed by atoms with Crippen LogP contribution in [0, 0.1) is 0 Å². The van der Waals surface area contributed by atoms with Gasteiger partial charge < -0.3 is 14.4 Å². The number of rotatable bonds is 7. The minimum Gasteiger partial charge on any atom is -0.496 e. The highest BCUT2D eigenvalue weighted by atomic mass is 32.2. The standard InChI is InChI=1S/C24H27N3O4S/c1-6-27(7-2)19-13-10-17(20(15-19)30-4)14-21-22(28)26(3)24(32-21)25-18-11-8-16(9-12-18)23(29)31-5/h8-15H,6-7H2,1-5H3/b21-14-,25-24?. The average Bonchev–Trinajstić information content (AvgIpc) is 3.08. The van der Waals surface area contributed by atoms with E-state index in [-0.39, 0.29) is 5.91 Å². The maximum Gasteiger partial charge on any atom is 0.337 e. The summed E-state index contributed by atoms with van der Waals surface area (Å²) in [4.78, 5) is 33.3. The fourth-order valence-corrected chi connectivity index (χ4v) is 4.28. The van der Waals surface area contributed by atoms with Gasteiger partial charge in [0.1, 0.15) is 5.75 Å². The summed E-state index contributed by atoms with van der Waals surface area (Å²) in [5.41, 5.74) is 2.99. The van der Waals surface area contributed by atoms with Crippen molar-refractivity contribution >= 4 is 46.3 Å². The van der Waals surface area contributed by atoms with Crippen molar-refractivity contribution in [2.45, 2.75) is 13.8 Å². The van der Waals surface area contributed by atoms with Gasteiger partial charge in [-0.1, -0.05) is 0 Å². The molecule has 0 aliphatic carbocycles. The summed E-state index contributed by atoms with van der Waals surface area (Å²) >= 11 is 1.30. The van der Waals surface area contributed by atoms with Crippen molar-refractivity contribution in [2.75, 3.05) is 39.3 Å². The van der Waals surface area contributed by atoms with Gasteiger partial charge in [-0.3, -0.25) is 9.69 Å². The van der Waals surface area contributed by atoms with E-state index in [9.17, 15) is 9.59 Å². The Hall–Kier alpha value is -3.26. The van der Waals surface area contributed by atoms with Crippen LogP contribution < -0.4 is 9.64 Å². The lowest BCUT2D eigenvalue weighted by molar-refractivity contribution is -0.121. The number of anilines is 1. The Kier molecular flexibility index (Phi) is 7.58. The predicted molar refractivity (Wildman–Crippen MR) is 130 cm³/mol. The summed E-state index contributed by atoms with van der Waals surface area (Å²) in [5, 5.41) is 0.561. The van der Waals surface area contributed by atoms with Crippen molar-refractivity contribution in [3.05, 3.63) is 58.5 Å². The maximum atomic E-state index is 12.8. The Balaban J connectivity index is 1.86. The van der Waals surface area contributed by atoms with E-state index < -0.39 is 5.97 Å². The first-order valence-corrected chi connectivity index (χ1v) is 11.1. The van der Waals surface area contributed by atoms with Gasteiger partial charge >= 0.3 is 5.97 Å². The highest BCUT2D eigenvalue weighted by molar-refractivity contribution is 8.18. The lowest BCUT2D eigenvalue weighted by Gasteiger charge is -2.22. The third-order valence-corrected chi connectivity index (χ3v) is 6.21. The van der Waals surface area contributed by atoms with E-state index >= 15 is 0 Å². The van der Waals surface area contributed by atoms with Crippen LogP contribution in [0.25, 0.3) is 6.08 Å². The highest BCUT2D eigenvalue weighted by Crippen LogP contribution is 2.35. The summed E-state index contributed by atoms with van der Waals surface area (Å²) in [6.07, 6.45) is 1.83. The lowest BCUT2D eigenvalue weighted by atomic mass is 10.1. The Morgan fingerprint density at radius 3 is 2.41 bits per heavy atom. The number of carbonyl (C=O) groups is 2. The zero-order valence-corrected chi connectivity index (χ0v) is 19.7. The van der Waals surface area contributed by atoms with Crippen molar-refractivity contribution in [2.24, 2.45) is 4.99 Å². The molecule has 1 aliphatic rings. The summed E-state index contributed by atoms with van der Waals surface area (Å²) < 4.78 is 10.3. The summed E-state index contributed by atoms with van der Waals surface area (Å²) in [7, 11) is 4.66. The van der Waals surface area contributed by atoms with Gasteiger partial charge in [-0.15, -0.1) is 0 Å². The van der Waals surface area contributed by atoms with Crippen molar-refractivity contribution in [3.63, 3.8) is 0 Å². The molecule has 0 aromatic heterocycles. The van der Waals surface area contributed by atoms with E-state index in [1.807, 2.05) is 24.3 Å². The van der Waals surface area contributed by atoms with Crippen LogP contribution in [0.4, 0.5) is 11.4 Å². The van der Waals surface area contributed by atoms with Gasteiger partial charge in [-0.25, -0.2) is 9.79 Å². The van der Waals surface area contributed by atoms with E-state index in [0.29, 0.717) is 27.1 Å². The molecule has 3 rings (SSSR count). The van der Waals surface area contributed by atoms with Gasteiger partial charge in [0.2, 0.25) is 0 Å². The second kappa shape index (κ2) is 10.4. The largest absolute Gasteiger partial charge is 0.496 e. The number of nitrogens with zero attached hydrogens (tertiary/aromatic N) is 3. The molecule has 1 fully saturated rings. The van der Waals surface area contributed by atoms with Gasteiger partial charge in [0, 0.05) is 37.5 Å². The summed E-state index contributed by atoms with van der Waals surface area (Å²) in [5.74, 6) is 0.175. The molecule has 0 atom stereocenters.